The van der Waals surface area contributed by atoms with Crippen LogP contribution in [0.5, 0.6) is 0 Å². The van der Waals surface area contributed by atoms with Crippen molar-refractivity contribution in [2.75, 3.05) is 27.2 Å². The summed E-state index contributed by atoms with van der Waals surface area (Å²) in [5.41, 5.74) is 0.961. The molecule has 10 heteroatoms. The van der Waals surface area contributed by atoms with Crippen molar-refractivity contribution >= 4 is 21.8 Å². The van der Waals surface area contributed by atoms with Crippen LogP contribution in [0.1, 0.15) is 23.1 Å². The van der Waals surface area contributed by atoms with Crippen molar-refractivity contribution in [3.05, 3.63) is 42.0 Å². The van der Waals surface area contributed by atoms with Crippen molar-refractivity contribution in [1.82, 2.24) is 24.1 Å². The van der Waals surface area contributed by atoms with Gasteiger partial charge in [0.25, 0.3) is 5.91 Å². The zero-order valence-electron chi connectivity index (χ0n) is 15.3. The topological polar surface area (TPSA) is 105 Å². The van der Waals surface area contributed by atoms with Crippen molar-refractivity contribution in [3.63, 3.8) is 0 Å². The predicted molar refractivity (Wildman–Crippen MR) is 97.9 cm³/mol. The average Bonchev–Trinajstić information content (AvgIpc) is 3.01. The van der Waals surface area contributed by atoms with Crippen LogP contribution in [0.4, 0.5) is 0 Å². The number of aromatic nitrogens is 2. The van der Waals surface area contributed by atoms with Gasteiger partial charge >= 0.3 is 0 Å². The molecule has 0 unspecified atom stereocenters. The van der Waals surface area contributed by atoms with Crippen LogP contribution in [0.3, 0.4) is 0 Å². The van der Waals surface area contributed by atoms with Gasteiger partial charge in [-0.3, -0.25) is 14.2 Å². The van der Waals surface area contributed by atoms with Gasteiger partial charge in [0.2, 0.25) is 15.9 Å². The molecule has 9 nitrogen and oxygen atoms in total. The molecule has 0 radical (unpaired) electrons. The minimum absolute atomic E-state index is 0.0650. The molecule has 3 rings (SSSR count). The lowest BCUT2D eigenvalue weighted by atomic mass is 10.2. The number of hydrogen-bond donors (Lipinski definition) is 1. The molecule has 0 bridgehead atoms. The van der Waals surface area contributed by atoms with Crippen LogP contribution in [-0.4, -0.2) is 66.2 Å². The smallest absolute Gasteiger partial charge is 0.271 e. The summed E-state index contributed by atoms with van der Waals surface area (Å²) in [6, 6.07) is 6.47. The lowest BCUT2D eigenvalue weighted by Crippen LogP contribution is -2.39. The van der Waals surface area contributed by atoms with E-state index in [1.165, 1.54) is 17.3 Å². The quantitative estimate of drug-likeness (QED) is 0.803. The van der Waals surface area contributed by atoms with Gasteiger partial charge in [0, 0.05) is 20.6 Å². The van der Waals surface area contributed by atoms with E-state index >= 15 is 0 Å². The Morgan fingerprint density at radius 2 is 1.96 bits per heavy atom. The number of amides is 2. The number of carbonyl (C=O) groups is 2. The summed E-state index contributed by atoms with van der Waals surface area (Å²) in [5, 5.41) is 2.68. The van der Waals surface area contributed by atoms with Crippen molar-refractivity contribution in [2.45, 2.75) is 18.4 Å². The minimum Gasteiger partial charge on any atom is -0.351 e. The Morgan fingerprint density at radius 1 is 1.26 bits per heavy atom. The Balaban J connectivity index is 2.19. The van der Waals surface area contributed by atoms with E-state index in [0.29, 0.717) is 17.9 Å². The molecule has 2 heterocycles. The third-order valence-electron chi connectivity index (χ3n) is 4.30. The van der Waals surface area contributed by atoms with Gasteiger partial charge in [-0.1, -0.05) is 12.1 Å². The van der Waals surface area contributed by atoms with E-state index in [1.54, 1.807) is 43.8 Å². The first-order valence-corrected chi connectivity index (χ1v) is 9.85. The highest BCUT2D eigenvalue weighted by molar-refractivity contribution is 7.89. The van der Waals surface area contributed by atoms with Crippen molar-refractivity contribution in [1.29, 1.82) is 0 Å². The van der Waals surface area contributed by atoms with Crippen LogP contribution in [0, 0.1) is 0 Å². The minimum atomic E-state index is -3.93. The molecule has 0 saturated heterocycles. The Kier molecular flexibility index (Phi) is 5.03. The van der Waals surface area contributed by atoms with Gasteiger partial charge in [-0.15, -0.1) is 0 Å². The number of imidazole rings is 1. The molecular weight excluding hydrogens is 370 g/mol. The molecule has 1 aromatic heterocycles. The Morgan fingerprint density at radius 3 is 2.63 bits per heavy atom. The Hall–Kier alpha value is -2.72. The third kappa shape index (κ3) is 3.33. The number of rotatable bonds is 4. The molecule has 1 N–H and O–H groups in total. The van der Waals surface area contributed by atoms with Gasteiger partial charge in [0.1, 0.15) is 11.2 Å². The second-order valence-electron chi connectivity index (χ2n) is 6.30. The molecule has 27 heavy (non-hydrogen) atoms. The number of nitrogens with zero attached hydrogens (tertiary/aromatic N) is 4. The number of benzene rings is 1. The maximum absolute atomic E-state index is 13.2. The first-order chi connectivity index (χ1) is 12.8. The predicted octanol–water partition coefficient (Wildman–Crippen LogP) is 0.215. The number of hydrogen-bond acceptors (Lipinski definition) is 5. The van der Waals surface area contributed by atoms with Crippen molar-refractivity contribution in [3.8, 4) is 5.69 Å². The first kappa shape index (κ1) is 19.1. The fourth-order valence-electron chi connectivity index (χ4n) is 2.86. The van der Waals surface area contributed by atoms with Gasteiger partial charge in [0.05, 0.1) is 24.5 Å². The molecule has 1 aromatic carbocycles. The lowest BCUT2D eigenvalue weighted by molar-refractivity contribution is -0.128. The molecule has 0 fully saturated rings. The van der Waals surface area contributed by atoms with E-state index in [4.69, 9.17) is 0 Å². The monoisotopic (exact) mass is 391 g/mol. The SMILES string of the molecule is CCNC(=O)c1ncn2c1CN(CC(=O)N(C)C)S(=O)(=O)c1ccccc1-2. The average molecular weight is 391 g/mol. The van der Waals surface area contributed by atoms with E-state index in [0.717, 1.165) is 4.31 Å². The van der Waals surface area contributed by atoms with E-state index in [1.807, 2.05) is 0 Å². The number of para-hydroxylation sites is 1. The molecule has 0 spiro atoms. The molecule has 2 aromatic rings. The van der Waals surface area contributed by atoms with Crippen LogP contribution < -0.4 is 5.32 Å². The summed E-state index contributed by atoms with van der Waals surface area (Å²) < 4.78 is 29.0. The van der Waals surface area contributed by atoms with Gasteiger partial charge in [-0.2, -0.15) is 4.31 Å². The summed E-state index contributed by atoms with van der Waals surface area (Å²) in [6.07, 6.45) is 1.44. The van der Waals surface area contributed by atoms with Crippen molar-refractivity contribution < 1.29 is 18.0 Å². The van der Waals surface area contributed by atoms with Crippen LogP contribution in [0.25, 0.3) is 5.69 Å². The summed E-state index contributed by atoms with van der Waals surface area (Å²) in [5.74, 6) is -0.745. The van der Waals surface area contributed by atoms with Crippen LogP contribution in [0.15, 0.2) is 35.5 Å². The van der Waals surface area contributed by atoms with Gasteiger partial charge in [-0.05, 0) is 19.1 Å². The van der Waals surface area contributed by atoms with E-state index in [2.05, 4.69) is 10.3 Å². The molecule has 2 amide bonds. The maximum atomic E-state index is 13.2. The van der Waals surface area contributed by atoms with Crippen LogP contribution in [-0.2, 0) is 21.4 Å². The molecule has 144 valence electrons. The summed E-state index contributed by atoms with van der Waals surface area (Å²) in [7, 11) is -0.813. The number of sulfonamides is 1. The first-order valence-electron chi connectivity index (χ1n) is 8.41. The maximum Gasteiger partial charge on any atom is 0.271 e. The standard InChI is InChI=1S/C17H21N5O4S/c1-4-18-17(24)16-13-9-21(10-15(23)20(2)3)27(25,26)14-8-6-5-7-12(14)22(13)11-19-16/h5-8,11H,4,9-10H2,1-3H3,(H,18,24). The Bertz CT molecular complexity index is 997. The zero-order valence-corrected chi connectivity index (χ0v) is 16.2. The molecule has 0 aliphatic carbocycles. The van der Waals surface area contributed by atoms with E-state index < -0.39 is 10.0 Å². The van der Waals surface area contributed by atoms with Gasteiger partial charge < -0.3 is 10.2 Å². The van der Waals surface area contributed by atoms with E-state index in [-0.39, 0.29) is 35.5 Å². The zero-order chi connectivity index (χ0) is 19.8. The van der Waals surface area contributed by atoms with Crippen molar-refractivity contribution in [2.24, 2.45) is 0 Å². The van der Waals surface area contributed by atoms with Crippen LogP contribution in [0.2, 0.25) is 0 Å². The molecule has 1 aliphatic heterocycles. The summed E-state index contributed by atoms with van der Waals surface area (Å²) >= 11 is 0. The number of nitrogens with one attached hydrogen (secondary N) is 1. The molecule has 1 aliphatic rings. The highest BCUT2D eigenvalue weighted by atomic mass is 32.2. The second-order valence-corrected chi connectivity index (χ2v) is 8.20. The summed E-state index contributed by atoms with van der Waals surface area (Å²) in [6.45, 7) is 1.74. The summed E-state index contributed by atoms with van der Waals surface area (Å²) in [4.78, 5) is 30.2. The van der Waals surface area contributed by atoms with Gasteiger partial charge in [-0.25, -0.2) is 13.4 Å². The van der Waals surface area contributed by atoms with Crippen LogP contribution >= 0.6 is 0 Å². The fourth-order valence-corrected chi connectivity index (χ4v) is 4.40. The number of fused-ring (bicyclic) bond motifs is 3. The number of likely N-dealkylation sites (N-methyl/N-ethyl adjacent to an activating group) is 1. The molecular formula is C17H21N5O4S. The normalized spacial score (nSPS) is 15.4. The third-order valence-corrected chi connectivity index (χ3v) is 6.14. The Labute approximate surface area is 157 Å². The molecule has 0 atom stereocenters. The molecule has 0 saturated carbocycles. The van der Waals surface area contributed by atoms with Gasteiger partial charge in [0.15, 0.2) is 5.69 Å². The fraction of sp³-hybridized carbons (Fsp3) is 0.353. The highest BCUT2D eigenvalue weighted by Crippen LogP contribution is 2.31. The number of carbonyl (C=O) groups excluding carboxylic acids is 2. The second kappa shape index (κ2) is 7.12. The van der Waals surface area contributed by atoms with E-state index in [9.17, 15) is 18.0 Å². The lowest BCUT2D eigenvalue weighted by Gasteiger charge is -2.21. The largest absolute Gasteiger partial charge is 0.351 e. The highest BCUT2D eigenvalue weighted by Gasteiger charge is 2.36.